The van der Waals surface area contributed by atoms with Gasteiger partial charge >= 0.3 is 0 Å². The third kappa shape index (κ3) is 2.73. The van der Waals surface area contributed by atoms with E-state index in [1.807, 2.05) is 6.92 Å². The summed E-state index contributed by atoms with van der Waals surface area (Å²) in [6.45, 7) is 8.53. The molecule has 0 radical (unpaired) electrons. The highest BCUT2D eigenvalue weighted by Gasteiger charge is 2.13. The van der Waals surface area contributed by atoms with Crippen LogP contribution in [0.4, 0.5) is 6.01 Å². The summed E-state index contributed by atoms with van der Waals surface area (Å²) in [5, 5.41) is 0. The molecule has 2 aromatic rings. The molecule has 0 bridgehead atoms. The molecule has 0 aliphatic carbocycles. The summed E-state index contributed by atoms with van der Waals surface area (Å²) in [4.78, 5) is 4.19. The van der Waals surface area contributed by atoms with E-state index in [1.165, 1.54) is 11.1 Å². The van der Waals surface area contributed by atoms with Gasteiger partial charge in [0.25, 0.3) is 6.01 Å². The second kappa shape index (κ2) is 4.48. The molecule has 2 N–H and O–H groups in total. The maximum atomic E-state index is 5.54. The van der Waals surface area contributed by atoms with Gasteiger partial charge < -0.3 is 10.2 Å². The average Bonchev–Trinajstić information content (AvgIpc) is 2.57. The Hall–Kier alpha value is -1.77. The number of nitrogen functional groups attached to an aromatic ring is 1. The first-order chi connectivity index (χ1) is 8.36. The lowest BCUT2D eigenvalue weighted by Gasteiger charge is -2.19. The maximum absolute atomic E-state index is 5.54. The number of hydrogen-bond donors (Lipinski definition) is 1. The van der Waals surface area contributed by atoms with Gasteiger partial charge in [0.05, 0.1) is 5.69 Å². The molecule has 0 unspecified atom stereocenters. The number of aromatic nitrogens is 1. The van der Waals surface area contributed by atoms with Gasteiger partial charge in [0.15, 0.2) is 0 Å². The van der Waals surface area contributed by atoms with E-state index in [0.717, 1.165) is 17.9 Å². The number of anilines is 1. The van der Waals surface area contributed by atoms with Crippen LogP contribution in [-0.2, 0) is 11.8 Å². The minimum Gasteiger partial charge on any atom is -0.429 e. The van der Waals surface area contributed by atoms with Gasteiger partial charge in [-0.05, 0) is 23.5 Å². The number of aryl methyl sites for hydroxylation is 1. The summed E-state index contributed by atoms with van der Waals surface area (Å²) >= 11 is 0. The molecule has 0 fully saturated rings. The third-order valence-corrected chi connectivity index (χ3v) is 3.10. The van der Waals surface area contributed by atoms with Crippen molar-refractivity contribution in [1.82, 2.24) is 4.98 Å². The van der Waals surface area contributed by atoms with Gasteiger partial charge in [-0.15, -0.1) is 0 Å². The molecule has 0 aliphatic heterocycles. The van der Waals surface area contributed by atoms with Crippen molar-refractivity contribution in [3.63, 3.8) is 0 Å². The molecule has 0 aliphatic rings. The van der Waals surface area contributed by atoms with Crippen LogP contribution in [0.25, 0.3) is 0 Å². The van der Waals surface area contributed by atoms with Gasteiger partial charge in [-0.25, -0.2) is 0 Å². The highest BCUT2D eigenvalue weighted by Crippen LogP contribution is 2.23. The van der Waals surface area contributed by atoms with Crippen molar-refractivity contribution in [2.75, 3.05) is 5.73 Å². The second-order valence-corrected chi connectivity index (χ2v) is 5.68. The number of benzene rings is 1. The zero-order valence-corrected chi connectivity index (χ0v) is 11.4. The van der Waals surface area contributed by atoms with Crippen molar-refractivity contribution in [2.24, 2.45) is 0 Å². The van der Waals surface area contributed by atoms with Crippen LogP contribution in [0.15, 0.2) is 28.7 Å². The minimum absolute atomic E-state index is 0.187. The first-order valence-electron chi connectivity index (χ1n) is 6.17. The number of hydrogen-bond acceptors (Lipinski definition) is 3. The number of nitrogens with zero attached hydrogens (tertiary/aromatic N) is 1. The fourth-order valence-corrected chi connectivity index (χ4v) is 1.93. The van der Waals surface area contributed by atoms with Crippen LogP contribution >= 0.6 is 0 Å². The van der Waals surface area contributed by atoms with E-state index in [0.29, 0.717) is 0 Å². The summed E-state index contributed by atoms with van der Waals surface area (Å²) in [5.41, 5.74) is 9.19. The van der Waals surface area contributed by atoms with Crippen molar-refractivity contribution in [3.8, 4) is 0 Å². The highest BCUT2D eigenvalue weighted by atomic mass is 16.4. The molecule has 18 heavy (non-hydrogen) atoms. The van der Waals surface area contributed by atoms with Gasteiger partial charge in [-0.2, -0.15) is 4.98 Å². The summed E-state index contributed by atoms with van der Waals surface area (Å²) in [6.07, 6.45) is 0.761. The van der Waals surface area contributed by atoms with Crippen LogP contribution in [0.2, 0.25) is 0 Å². The molecule has 3 nitrogen and oxygen atoms in total. The maximum Gasteiger partial charge on any atom is 0.292 e. The Kier molecular flexibility index (Phi) is 3.16. The quantitative estimate of drug-likeness (QED) is 0.880. The van der Waals surface area contributed by atoms with Crippen LogP contribution < -0.4 is 5.73 Å². The summed E-state index contributed by atoms with van der Waals surface area (Å²) in [7, 11) is 0. The van der Waals surface area contributed by atoms with E-state index in [9.17, 15) is 0 Å². The van der Waals surface area contributed by atoms with Gasteiger partial charge in [0.1, 0.15) is 5.76 Å². The van der Waals surface area contributed by atoms with Crippen LogP contribution in [0.1, 0.15) is 43.4 Å². The van der Waals surface area contributed by atoms with Crippen molar-refractivity contribution >= 4 is 6.01 Å². The van der Waals surface area contributed by atoms with Crippen LogP contribution in [0, 0.1) is 6.92 Å². The molecule has 1 aromatic heterocycles. The van der Waals surface area contributed by atoms with Gasteiger partial charge in [-0.3, -0.25) is 0 Å². The highest BCUT2D eigenvalue weighted by molar-refractivity contribution is 5.31. The summed E-state index contributed by atoms with van der Waals surface area (Å²) in [5.74, 6) is 0.799. The Labute approximate surface area is 108 Å². The van der Waals surface area contributed by atoms with E-state index in [1.54, 1.807) is 0 Å². The largest absolute Gasteiger partial charge is 0.429 e. The number of oxazole rings is 1. The summed E-state index contributed by atoms with van der Waals surface area (Å²) in [6, 6.07) is 8.88. The Bertz CT molecular complexity index is 533. The standard InChI is InChI=1S/C15H20N2O/c1-10-13(17-14(16)18-10)9-11-5-7-12(8-6-11)15(2,3)4/h5-8H,9H2,1-4H3,(H2,16,17). The fourth-order valence-electron chi connectivity index (χ4n) is 1.93. The molecule has 0 saturated carbocycles. The Morgan fingerprint density at radius 2 is 1.78 bits per heavy atom. The van der Waals surface area contributed by atoms with E-state index in [2.05, 4.69) is 50.0 Å². The molecule has 1 aromatic carbocycles. The monoisotopic (exact) mass is 244 g/mol. The molecular weight excluding hydrogens is 224 g/mol. The van der Waals surface area contributed by atoms with Gasteiger partial charge in [0, 0.05) is 6.42 Å². The smallest absolute Gasteiger partial charge is 0.292 e. The van der Waals surface area contributed by atoms with E-state index < -0.39 is 0 Å². The molecule has 0 spiro atoms. The van der Waals surface area contributed by atoms with E-state index in [4.69, 9.17) is 10.2 Å². The second-order valence-electron chi connectivity index (χ2n) is 5.68. The predicted octanol–water partition coefficient (Wildman–Crippen LogP) is 3.45. The van der Waals surface area contributed by atoms with Crippen molar-refractivity contribution < 1.29 is 4.42 Å². The van der Waals surface area contributed by atoms with Gasteiger partial charge in [0.2, 0.25) is 0 Å². The Morgan fingerprint density at radius 3 is 2.22 bits per heavy atom. The lowest BCUT2D eigenvalue weighted by Crippen LogP contribution is -2.10. The zero-order chi connectivity index (χ0) is 13.3. The lowest BCUT2D eigenvalue weighted by molar-refractivity contribution is 0.545. The van der Waals surface area contributed by atoms with E-state index >= 15 is 0 Å². The van der Waals surface area contributed by atoms with Crippen LogP contribution in [-0.4, -0.2) is 4.98 Å². The molecule has 2 rings (SSSR count). The molecule has 0 amide bonds. The fraction of sp³-hybridized carbons (Fsp3) is 0.400. The lowest BCUT2D eigenvalue weighted by atomic mass is 9.86. The average molecular weight is 244 g/mol. The predicted molar refractivity (Wildman–Crippen MR) is 73.6 cm³/mol. The molecule has 1 heterocycles. The number of rotatable bonds is 2. The van der Waals surface area contributed by atoms with Crippen LogP contribution in [0.5, 0.6) is 0 Å². The summed E-state index contributed by atoms with van der Waals surface area (Å²) < 4.78 is 5.23. The molecule has 3 heteroatoms. The normalized spacial score (nSPS) is 11.8. The number of nitrogens with two attached hydrogens (primary N) is 1. The SMILES string of the molecule is Cc1oc(N)nc1Cc1ccc(C(C)(C)C)cc1. The van der Waals surface area contributed by atoms with Crippen molar-refractivity contribution in [3.05, 3.63) is 46.8 Å². The first kappa shape index (κ1) is 12.7. The van der Waals surface area contributed by atoms with E-state index in [-0.39, 0.29) is 11.4 Å². The zero-order valence-electron chi connectivity index (χ0n) is 11.4. The molecule has 0 saturated heterocycles. The van der Waals surface area contributed by atoms with Crippen molar-refractivity contribution in [2.45, 2.75) is 39.5 Å². The Morgan fingerprint density at radius 1 is 1.17 bits per heavy atom. The molecule has 0 atom stereocenters. The first-order valence-corrected chi connectivity index (χ1v) is 6.17. The van der Waals surface area contributed by atoms with Crippen molar-refractivity contribution in [1.29, 1.82) is 0 Å². The third-order valence-electron chi connectivity index (χ3n) is 3.10. The Balaban J connectivity index is 2.18. The van der Waals surface area contributed by atoms with Crippen LogP contribution in [0.3, 0.4) is 0 Å². The molecular formula is C15H20N2O. The molecule has 96 valence electrons. The topological polar surface area (TPSA) is 52.0 Å². The van der Waals surface area contributed by atoms with Gasteiger partial charge in [-0.1, -0.05) is 45.0 Å². The minimum atomic E-state index is 0.187.